The number of hydrogen-bond donors (Lipinski definition) is 1. The molecule has 2 atom stereocenters. The summed E-state index contributed by atoms with van der Waals surface area (Å²) in [6.45, 7) is 3.15. The summed E-state index contributed by atoms with van der Waals surface area (Å²) in [7, 11) is 1.38. The number of ether oxygens (including phenoxy) is 2. The zero-order valence-electron chi connectivity index (χ0n) is 11.5. The highest BCUT2D eigenvalue weighted by Crippen LogP contribution is 2.18. The van der Waals surface area contributed by atoms with Gasteiger partial charge in [-0.1, -0.05) is 6.42 Å². The molecule has 2 unspecified atom stereocenters. The number of piperidine rings is 1. The molecule has 1 aliphatic rings. The maximum atomic E-state index is 11.3. The number of nitrogens with one attached hydrogen (secondary N) is 1. The van der Waals surface area contributed by atoms with Gasteiger partial charge >= 0.3 is 5.97 Å². The molecule has 0 aliphatic carbocycles. The van der Waals surface area contributed by atoms with Crippen LogP contribution >= 0.6 is 0 Å². The molecule has 1 aromatic rings. The van der Waals surface area contributed by atoms with Crippen LogP contribution in [0.4, 0.5) is 0 Å². The fourth-order valence-corrected chi connectivity index (χ4v) is 2.36. The van der Waals surface area contributed by atoms with E-state index >= 15 is 0 Å². The first-order chi connectivity index (χ1) is 9.20. The molecule has 1 aromatic carbocycles. The van der Waals surface area contributed by atoms with Gasteiger partial charge in [0, 0.05) is 6.04 Å². The third-order valence-electron chi connectivity index (χ3n) is 3.51. The van der Waals surface area contributed by atoms with Crippen molar-refractivity contribution in [1.82, 2.24) is 5.32 Å². The highest BCUT2D eigenvalue weighted by atomic mass is 16.5. The summed E-state index contributed by atoms with van der Waals surface area (Å²) in [5, 5.41) is 3.48. The van der Waals surface area contributed by atoms with E-state index in [0.717, 1.165) is 18.7 Å². The molecule has 1 heterocycles. The Hall–Kier alpha value is -1.55. The van der Waals surface area contributed by atoms with Crippen molar-refractivity contribution >= 4 is 5.97 Å². The monoisotopic (exact) mass is 263 g/mol. The van der Waals surface area contributed by atoms with Gasteiger partial charge < -0.3 is 14.8 Å². The van der Waals surface area contributed by atoms with Crippen molar-refractivity contribution in [2.24, 2.45) is 0 Å². The Kier molecular flexibility index (Phi) is 4.80. The van der Waals surface area contributed by atoms with Crippen molar-refractivity contribution in [3.63, 3.8) is 0 Å². The van der Waals surface area contributed by atoms with Gasteiger partial charge in [-0.25, -0.2) is 4.79 Å². The zero-order valence-corrected chi connectivity index (χ0v) is 11.5. The van der Waals surface area contributed by atoms with Crippen LogP contribution in [0.5, 0.6) is 5.75 Å². The second-order valence-corrected chi connectivity index (χ2v) is 4.90. The topological polar surface area (TPSA) is 47.6 Å². The van der Waals surface area contributed by atoms with Gasteiger partial charge in [-0.2, -0.15) is 0 Å². The standard InChI is InChI=1S/C15H21NO3/c1-11(14-5-3-4-10-16-14)19-13-8-6-12(7-9-13)15(17)18-2/h6-9,11,14,16H,3-5,10H2,1-2H3. The second-order valence-electron chi connectivity index (χ2n) is 4.90. The van der Waals surface area contributed by atoms with E-state index in [-0.39, 0.29) is 12.1 Å². The van der Waals surface area contributed by atoms with Crippen molar-refractivity contribution in [3.05, 3.63) is 29.8 Å². The largest absolute Gasteiger partial charge is 0.489 e. The van der Waals surface area contributed by atoms with Crippen LogP contribution in [0.25, 0.3) is 0 Å². The minimum absolute atomic E-state index is 0.129. The Morgan fingerprint density at radius 2 is 2.05 bits per heavy atom. The Morgan fingerprint density at radius 1 is 1.32 bits per heavy atom. The lowest BCUT2D eigenvalue weighted by atomic mass is 10.0. The molecule has 0 spiro atoms. The van der Waals surface area contributed by atoms with Crippen LogP contribution in [-0.4, -0.2) is 31.8 Å². The number of esters is 1. The summed E-state index contributed by atoms with van der Waals surface area (Å²) < 4.78 is 10.6. The van der Waals surface area contributed by atoms with Crippen LogP contribution in [-0.2, 0) is 4.74 Å². The van der Waals surface area contributed by atoms with E-state index < -0.39 is 0 Å². The van der Waals surface area contributed by atoms with E-state index in [9.17, 15) is 4.79 Å². The quantitative estimate of drug-likeness (QED) is 0.847. The minimum Gasteiger partial charge on any atom is -0.489 e. The lowest BCUT2D eigenvalue weighted by Crippen LogP contribution is -2.44. The third-order valence-corrected chi connectivity index (χ3v) is 3.51. The van der Waals surface area contributed by atoms with E-state index in [0.29, 0.717) is 11.6 Å². The third kappa shape index (κ3) is 3.70. The summed E-state index contributed by atoms with van der Waals surface area (Å²) in [6.07, 6.45) is 3.79. The number of carbonyl (C=O) groups excluding carboxylic acids is 1. The Balaban J connectivity index is 1.93. The Labute approximate surface area is 114 Å². The van der Waals surface area contributed by atoms with E-state index in [1.807, 2.05) is 12.1 Å². The number of methoxy groups -OCH3 is 1. The summed E-state index contributed by atoms with van der Waals surface area (Å²) in [5.41, 5.74) is 0.540. The molecular formula is C15H21NO3. The number of benzene rings is 1. The zero-order chi connectivity index (χ0) is 13.7. The lowest BCUT2D eigenvalue weighted by molar-refractivity contribution is 0.0600. The molecular weight excluding hydrogens is 242 g/mol. The SMILES string of the molecule is COC(=O)c1ccc(OC(C)C2CCCCN2)cc1. The molecule has 1 N–H and O–H groups in total. The molecule has 0 aromatic heterocycles. The van der Waals surface area contributed by atoms with Crippen LogP contribution in [0.3, 0.4) is 0 Å². The van der Waals surface area contributed by atoms with Gasteiger partial charge in [-0.05, 0) is 50.6 Å². The minimum atomic E-state index is -0.325. The van der Waals surface area contributed by atoms with Crippen molar-refractivity contribution in [3.8, 4) is 5.75 Å². The molecule has 0 saturated carbocycles. The predicted molar refractivity (Wildman–Crippen MR) is 73.5 cm³/mol. The predicted octanol–water partition coefficient (Wildman–Crippen LogP) is 2.38. The molecule has 4 nitrogen and oxygen atoms in total. The highest BCUT2D eigenvalue weighted by Gasteiger charge is 2.20. The molecule has 0 amide bonds. The molecule has 0 bridgehead atoms. The summed E-state index contributed by atoms with van der Waals surface area (Å²) in [4.78, 5) is 11.3. The first kappa shape index (κ1) is 13.9. The van der Waals surface area contributed by atoms with E-state index in [4.69, 9.17) is 4.74 Å². The average molecular weight is 263 g/mol. The maximum absolute atomic E-state index is 11.3. The second kappa shape index (κ2) is 6.57. The van der Waals surface area contributed by atoms with Crippen molar-refractivity contribution in [1.29, 1.82) is 0 Å². The fourth-order valence-electron chi connectivity index (χ4n) is 2.36. The normalized spacial score (nSPS) is 20.6. The summed E-state index contributed by atoms with van der Waals surface area (Å²) >= 11 is 0. The summed E-state index contributed by atoms with van der Waals surface area (Å²) in [6, 6.07) is 7.48. The molecule has 1 saturated heterocycles. The number of carbonyl (C=O) groups is 1. The van der Waals surface area contributed by atoms with Gasteiger partial charge in [0.25, 0.3) is 0 Å². The van der Waals surface area contributed by atoms with Gasteiger partial charge in [-0.15, -0.1) is 0 Å². The average Bonchev–Trinajstić information content (AvgIpc) is 2.48. The molecule has 1 fully saturated rings. The molecule has 2 rings (SSSR count). The van der Waals surface area contributed by atoms with Crippen LogP contribution < -0.4 is 10.1 Å². The first-order valence-electron chi connectivity index (χ1n) is 6.79. The van der Waals surface area contributed by atoms with Gasteiger partial charge in [0.1, 0.15) is 11.9 Å². The van der Waals surface area contributed by atoms with Crippen LogP contribution in [0.2, 0.25) is 0 Å². The van der Waals surface area contributed by atoms with Gasteiger partial charge in [0.15, 0.2) is 0 Å². The van der Waals surface area contributed by atoms with E-state index in [2.05, 4.69) is 17.0 Å². The van der Waals surface area contributed by atoms with Crippen LogP contribution in [0, 0.1) is 0 Å². The molecule has 19 heavy (non-hydrogen) atoms. The Bertz CT molecular complexity index is 410. The Morgan fingerprint density at radius 3 is 2.63 bits per heavy atom. The van der Waals surface area contributed by atoms with Crippen LogP contribution in [0.15, 0.2) is 24.3 Å². The van der Waals surface area contributed by atoms with Crippen molar-refractivity contribution in [2.45, 2.75) is 38.3 Å². The molecule has 1 aliphatic heterocycles. The van der Waals surface area contributed by atoms with Gasteiger partial charge in [-0.3, -0.25) is 0 Å². The molecule has 0 radical (unpaired) electrons. The number of rotatable bonds is 4. The lowest BCUT2D eigenvalue weighted by Gasteiger charge is -2.29. The van der Waals surface area contributed by atoms with Gasteiger partial charge in [0.05, 0.1) is 12.7 Å². The van der Waals surface area contributed by atoms with E-state index in [1.54, 1.807) is 12.1 Å². The van der Waals surface area contributed by atoms with Crippen molar-refractivity contribution < 1.29 is 14.3 Å². The fraction of sp³-hybridized carbons (Fsp3) is 0.533. The summed E-state index contributed by atoms with van der Waals surface area (Å²) in [5.74, 6) is 0.459. The smallest absolute Gasteiger partial charge is 0.337 e. The first-order valence-corrected chi connectivity index (χ1v) is 6.79. The molecule has 4 heteroatoms. The van der Waals surface area contributed by atoms with Crippen molar-refractivity contribution in [2.75, 3.05) is 13.7 Å². The van der Waals surface area contributed by atoms with Gasteiger partial charge in [0.2, 0.25) is 0 Å². The molecule has 104 valence electrons. The van der Waals surface area contributed by atoms with E-state index in [1.165, 1.54) is 20.0 Å². The number of hydrogen-bond acceptors (Lipinski definition) is 4. The van der Waals surface area contributed by atoms with Crippen LogP contribution in [0.1, 0.15) is 36.5 Å². The maximum Gasteiger partial charge on any atom is 0.337 e. The highest BCUT2D eigenvalue weighted by molar-refractivity contribution is 5.89.